The van der Waals surface area contributed by atoms with E-state index in [-0.39, 0.29) is 11.3 Å². The molecular formula is C15H10F4N2O. The van der Waals surface area contributed by atoms with E-state index >= 15 is 0 Å². The Hall–Kier alpha value is -2.59. The first-order valence-corrected chi connectivity index (χ1v) is 6.11. The number of halogens is 4. The Morgan fingerprint density at radius 2 is 1.64 bits per heavy atom. The number of rotatable bonds is 3. The monoisotopic (exact) mass is 310 g/mol. The van der Waals surface area contributed by atoms with Crippen molar-refractivity contribution < 1.29 is 22.3 Å². The molecule has 0 aliphatic rings. The maximum Gasteiger partial charge on any atom is 0.573 e. The Morgan fingerprint density at radius 3 is 2.18 bits per heavy atom. The molecule has 2 aromatic rings. The summed E-state index contributed by atoms with van der Waals surface area (Å²) in [6.07, 6.45) is -4.76. The summed E-state index contributed by atoms with van der Waals surface area (Å²) in [5.74, 6) is -1.02. The van der Waals surface area contributed by atoms with Crippen molar-refractivity contribution in [3.05, 3.63) is 65.0 Å². The first-order chi connectivity index (χ1) is 10.3. The number of nitrogens with zero attached hydrogens (tertiary/aromatic N) is 1. The highest BCUT2D eigenvalue weighted by Gasteiger charge is 2.31. The number of benzene rings is 2. The minimum Gasteiger partial charge on any atom is -0.406 e. The summed E-state index contributed by atoms with van der Waals surface area (Å²) < 4.78 is 53.2. The molecule has 0 bridgehead atoms. The van der Waals surface area contributed by atoms with Crippen LogP contribution in [0.25, 0.3) is 0 Å². The molecule has 0 heterocycles. The van der Waals surface area contributed by atoms with Crippen LogP contribution in [-0.4, -0.2) is 6.36 Å². The van der Waals surface area contributed by atoms with E-state index in [0.717, 1.165) is 18.2 Å². The zero-order valence-electron chi connectivity index (χ0n) is 11.1. The molecular weight excluding hydrogens is 300 g/mol. The van der Waals surface area contributed by atoms with Gasteiger partial charge in [0.25, 0.3) is 0 Å². The average Bonchev–Trinajstić information content (AvgIpc) is 2.46. The summed E-state index contributed by atoms with van der Waals surface area (Å²) in [7, 11) is 0. The van der Waals surface area contributed by atoms with E-state index in [4.69, 9.17) is 11.0 Å². The number of nitrogens with two attached hydrogens (primary N) is 1. The second-order valence-electron chi connectivity index (χ2n) is 4.45. The van der Waals surface area contributed by atoms with Crippen molar-refractivity contribution in [1.82, 2.24) is 0 Å². The summed E-state index contributed by atoms with van der Waals surface area (Å²) in [6, 6.07) is 9.87. The zero-order valence-corrected chi connectivity index (χ0v) is 11.1. The largest absolute Gasteiger partial charge is 0.573 e. The van der Waals surface area contributed by atoms with Gasteiger partial charge in [0, 0.05) is 0 Å². The lowest BCUT2D eigenvalue weighted by Gasteiger charge is -2.14. The van der Waals surface area contributed by atoms with Crippen LogP contribution < -0.4 is 10.5 Å². The zero-order chi connectivity index (χ0) is 16.3. The van der Waals surface area contributed by atoms with Gasteiger partial charge in [-0.25, -0.2) is 4.39 Å². The minimum atomic E-state index is -4.76. The number of alkyl halides is 3. The highest BCUT2D eigenvalue weighted by molar-refractivity contribution is 5.40. The molecule has 0 saturated heterocycles. The van der Waals surface area contributed by atoms with E-state index in [1.165, 1.54) is 24.3 Å². The van der Waals surface area contributed by atoms with Gasteiger partial charge in [0.15, 0.2) is 0 Å². The molecule has 7 heteroatoms. The average molecular weight is 310 g/mol. The van der Waals surface area contributed by atoms with Crippen molar-refractivity contribution in [3.63, 3.8) is 0 Å². The summed E-state index contributed by atoms with van der Waals surface area (Å²) in [6.45, 7) is 0. The number of hydrogen-bond donors (Lipinski definition) is 1. The Kier molecular flexibility index (Phi) is 4.33. The summed E-state index contributed by atoms with van der Waals surface area (Å²) >= 11 is 0. The van der Waals surface area contributed by atoms with Crippen LogP contribution in [0.5, 0.6) is 5.75 Å². The predicted molar refractivity (Wildman–Crippen MR) is 70.3 cm³/mol. The molecule has 0 saturated carbocycles. The predicted octanol–water partition coefficient (Wildman–Crippen LogP) is 3.64. The lowest BCUT2D eigenvalue weighted by atomic mass is 9.98. The van der Waals surface area contributed by atoms with Gasteiger partial charge in [-0.15, -0.1) is 13.2 Å². The van der Waals surface area contributed by atoms with Gasteiger partial charge >= 0.3 is 6.36 Å². The molecule has 0 radical (unpaired) electrons. The number of hydrogen-bond acceptors (Lipinski definition) is 3. The van der Waals surface area contributed by atoms with Crippen LogP contribution in [0, 0.1) is 17.1 Å². The normalized spacial score (nSPS) is 12.5. The molecule has 0 fully saturated rings. The fourth-order valence-electron chi connectivity index (χ4n) is 1.89. The fraction of sp³-hybridized carbons (Fsp3) is 0.133. The Labute approximate surface area is 123 Å². The van der Waals surface area contributed by atoms with Crippen molar-refractivity contribution in [2.75, 3.05) is 0 Å². The minimum absolute atomic E-state index is 0.148. The van der Waals surface area contributed by atoms with E-state index < -0.39 is 18.2 Å². The SMILES string of the molecule is N#Cc1cc([C@H](N)c2ccc(OC(F)(F)F)cc2)ccc1F. The smallest absolute Gasteiger partial charge is 0.406 e. The maximum absolute atomic E-state index is 13.3. The molecule has 0 aromatic heterocycles. The maximum atomic E-state index is 13.3. The molecule has 22 heavy (non-hydrogen) atoms. The molecule has 114 valence electrons. The van der Waals surface area contributed by atoms with E-state index in [0.29, 0.717) is 11.1 Å². The van der Waals surface area contributed by atoms with Crippen LogP contribution in [0.15, 0.2) is 42.5 Å². The fourth-order valence-corrected chi connectivity index (χ4v) is 1.89. The van der Waals surface area contributed by atoms with E-state index in [2.05, 4.69) is 4.74 Å². The van der Waals surface area contributed by atoms with E-state index in [1.807, 2.05) is 0 Å². The molecule has 2 aromatic carbocycles. The first-order valence-electron chi connectivity index (χ1n) is 6.11. The molecule has 0 aliphatic heterocycles. The van der Waals surface area contributed by atoms with Crippen LogP contribution >= 0.6 is 0 Å². The molecule has 0 amide bonds. The Balaban J connectivity index is 2.23. The molecule has 1 atom stereocenters. The third-order valence-electron chi connectivity index (χ3n) is 2.94. The highest BCUT2D eigenvalue weighted by atomic mass is 19.4. The number of nitriles is 1. The molecule has 2 N–H and O–H groups in total. The standard InChI is InChI=1S/C15H10F4N2O/c16-13-6-3-10(7-11(13)8-20)14(21)9-1-4-12(5-2-9)22-15(17,18)19/h1-7,14H,21H2/t14-/m1/s1. The summed E-state index contributed by atoms with van der Waals surface area (Å²) in [5.41, 5.74) is 6.80. The van der Waals surface area contributed by atoms with Crippen LogP contribution in [0.4, 0.5) is 17.6 Å². The van der Waals surface area contributed by atoms with Crippen molar-refractivity contribution >= 4 is 0 Å². The van der Waals surface area contributed by atoms with Gasteiger partial charge in [-0.3, -0.25) is 0 Å². The van der Waals surface area contributed by atoms with Gasteiger partial charge in [0.05, 0.1) is 11.6 Å². The molecule has 0 spiro atoms. The van der Waals surface area contributed by atoms with Gasteiger partial charge in [-0.05, 0) is 35.4 Å². The summed E-state index contributed by atoms with van der Waals surface area (Å²) in [5, 5.41) is 8.79. The van der Waals surface area contributed by atoms with Crippen molar-refractivity contribution in [2.45, 2.75) is 12.4 Å². The van der Waals surface area contributed by atoms with Crippen LogP contribution in [0.3, 0.4) is 0 Å². The van der Waals surface area contributed by atoms with Crippen LogP contribution in [0.1, 0.15) is 22.7 Å². The van der Waals surface area contributed by atoms with Crippen molar-refractivity contribution in [1.29, 1.82) is 5.26 Å². The second-order valence-corrected chi connectivity index (χ2v) is 4.45. The number of ether oxygens (including phenoxy) is 1. The lowest BCUT2D eigenvalue weighted by molar-refractivity contribution is -0.274. The first kappa shape index (κ1) is 15.8. The van der Waals surface area contributed by atoms with Crippen LogP contribution in [-0.2, 0) is 0 Å². The van der Waals surface area contributed by atoms with Gasteiger partial charge < -0.3 is 10.5 Å². The quantitative estimate of drug-likeness (QED) is 0.880. The molecule has 0 unspecified atom stereocenters. The van der Waals surface area contributed by atoms with Crippen molar-refractivity contribution in [2.24, 2.45) is 5.73 Å². The molecule has 3 nitrogen and oxygen atoms in total. The van der Waals surface area contributed by atoms with E-state index in [9.17, 15) is 17.6 Å². The van der Waals surface area contributed by atoms with Gasteiger partial charge in [0.1, 0.15) is 17.6 Å². The topological polar surface area (TPSA) is 59.0 Å². The molecule has 0 aliphatic carbocycles. The lowest BCUT2D eigenvalue weighted by Crippen LogP contribution is -2.17. The van der Waals surface area contributed by atoms with Gasteiger partial charge in [-0.1, -0.05) is 18.2 Å². The Bertz CT molecular complexity index is 705. The van der Waals surface area contributed by atoms with Gasteiger partial charge in [-0.2, -0.15) is 5.26 Å². The molecule has 2 rings (SSSR count). The third-order valence-corrected chi connectivity index (χ3v) is 2.94. The van der Waals surface area contributed by atoms with Gasteiger partial charge in [0.2, 0.25) is 0 Å². The van der Waals surface area contributed by atoms with E-state index in [1.54, 1.807) is 6.07 Å². The van der Waals surface area contributed by atoms with Crippen LogP contribution in [0.2, 0.25) is 0 Å². The van der Waals surface area contributed by atoms with Crippen molar-refractivity contribution in [3.8, 4) is 11.8 Å². The Morgan fingerprint density at radius 1 is 1.05 bits per heavy atom. The second kappa shape index (κ2) is 6.03. The summed E-state index contributed by atoms with van der Waals surface area (Å²) in [4.78, 5) is 0. The highest BCUT2D eigenvalue weighted by Crippen LogP contribution is 2.26. The third kappa shape index (κ3) is 3.74.